The summed E-state index contributed by atoms with van der Waals surface area (Å²) < 4.78 is 10.4. The van der Waals surface area contributed by atoms with Gasteiger partial charge in [-0.1, -0.05) is 12.1 Å². The second-order valence-electron chi connectivity index (χ2n) is 6.57. The van der Waals surface area contributed by atoms with Crippen molar-refractivity contribution >= 4 is 18.0 Å². The number of carbonyl (C=O) groups is 3. The van der Waals surface area contributed by atoms with Crippen LogP contribution in [0.4, 0.5) is 4.79 Å². The molecule has 0 atom stereocenters. The highest BCUT2D eigenvalue weighted by atomic mass is 16.5. The molecule has 0 saturated carbocycles. The molecule has 2 amide bonds. The van der Waals surface area contributed by atoms with Crippen molar-refractivity contribution in [2.75, 3.05) is 33.3 Å². The van der Waals surface area contributed by atoms with Crippen molar-refractivity contribution in [1.82, 2.24) is 9.80 Å². The van der Waals surface area contributed by atoms with E-state index in [0.717, 1.165) is 5.56 Å². The van der Waals surface area contributed by atoms with Crippen molar-refractivity contribution in [3.63, 3.8) is 0 Å². The van der Waals surface area contributed by atoms with Crippen LogP contribution in [0, 0.1) is 0 Å². The number of ether oxygens (including phenoxy) is 2. The number of rotatable bonds is 5. The molecule has 2 aromatic rings. The van der Waals surface area contributed by atoms with Crippen molar-refractivity contribution in [3.8, 4) is 5.75 Å². The SMILES string of the molecule is COC(=O)c1cccc(COc2ccc(C(=O)N3CCN(C(=O)O)CC3)cc2)c1. The molecule has 0 radical (unpaired) electrons. The number of amides is 2. The van der Waals surface area contributed by atoms with Crippen LogP contribution in [0.15, 0.2) is 48.5 Å². The Balaban J connectivity index is 1.56. The molecule has 3 rings (SSSR count). The van der Waals surface area contributed by atoms with Gasteiger partial charge < -0.3 is 24.4 Å². The molecular weight excluding hydrogens is 376 g/mol. The van der Waals surface area contributed by atoms with Gasteiger partial charge in [-0.05, 0) is 42.0 Å². The van der Waals surface area contributed by atoms with Crippen LogP contribution in [0.3, 0.4) is 0 Å². The van der Waals surface area contributed by atoms with Gasteiger partial charge in [0.25, 0.3) is 5.91 Å². The average molecular weight is 398 g/mol. The molecule has 1 aliphatic rings. The van der Waals surface area contributed by atoms with Crippen LogP contribution >= 0.6 is 0 Å². The molecule has 0 aliphatic carbocycles. The van der Waals surface area contributed by atoms with Gasteiger partial charge in [0.1, 0.15) is 12.4 Å². The monoisotopic (exact) mass is 398 g/mol. The molecule has 1 N–H and O–H groups in total. The maximum atomic E-state index is 12.6. The first-order valence-electron chi connectivity index (χ1n) is 9.15. The van der Waals surface area contributed by atoms with Crippen molar-refractivity contribution in [2.24, 2.45) is 0 Å². The fraction of sp³-hybridized carbons (Fsp3) is 0.286. The first kappa shape index (κ1) is 20.2. The number of hydrogen-bond acceptors (Lipinski definition) is 5. The summed E-state index contributed by atoms with van der Waals surface area (Å²) in [5.74, 6) is 0.0620. The van der Waals surface area contributed by atoms with Crippen LogP contribution < -0.4 is 4.74 Å². The smallest absolute Gasteiger partial charge is 0.407 e. The van der Waals surface area contributed by atoms with Crippen molar-refractivity contribution in [2.45, 2.75) is 6.61 Å². The highest BCUT2D eigenvalue weighted by Gasteiger charge is 2.24. The predicted octanol–water partition coefficient (Wildman–Crippen LogP) is 2.49. The maximum absolute atomic E-state index is 12.6. The summed E-state index contributed by atoms with van der Waals surface area (Å²) in [7, 11) is 1.33. The molecule has 8 heteroatoms. The molecule has 29 heavy (non-hydrogen) atoms. The van der Waals surface area contributed by atoms with Crippen LogP contribution in [0.25, 0.3) is 0 Å². The van der Waals surface area contributed by atoms with Crippen LogP contribution in [0.5, 0.6) is 5.75 Å². The normalized spacial score (nSPS) is 13.7. The van der Waals surface area contributed by atoms with E-state index in [-0.39, 0.29) is 12.5 Å². The summed E-state index contributed by atoms with van der Waals surface area (Å²) >= 11 is 0. The summed E-state index contributed by atoms with van der Waals surface area (Å²) in [5, 5.41) is 8.98. The third kappa shape index (κ3) is 5.04. The first-order valence-corrected chi connectivity index (χ1v) is 9.15. The number of piperazine rings is 1. The number of methoxy groups -OCH3 is 1. The summed E-state index contributed by atoms with van der Waals surface area (Å²) in [5.41, 5.74) is 1.80. The first-order chi connectivity index (χ1) is 14.0. The summed E-state index contributed by atoms with van der Waals surface area (Å²) in [6.07, 6.45) is -0.962. The molecule has 152 valence electrons. The van der Waals surface area contributed by atoms with Gasteiger partial charge in [-0.3, -0.25) is 4.79 Å². The minimum Gasteiger partial charge on any atom is -0.489 e. The lowest BCUT2D eigenvalue weighted by Crippen LogP contribution is -2.50. The van der Waals surface area contributed by atoms with Gasteiger partial charge in [-0.25, -0.2) is 9.59 Å². The van der Waals surface area contributed by atoms with E-state index < -0.39 is 12.1 Å². The van der Waals surface area contributed by atoms with Gasteiger partial charge in [0.2, 0.25) is 0 Å². The Hall–Kier alpha value is -3.55. The van der Waals surface area contributed by atoms with E-state index in [0.29, 0.717) is 43.1 Å². The Morgan fingerprint density at radius 1 is 0.931 bits per heavy atom. The molecule has 1 heterocycles. The highest BCUT2D eigenvalue weighted by Crippen LogP contribution is 2.17. The lowest BCUT2D eigenvalue weighted by Gasteiger charge is -2.33. The van der Waals surface area contributed by atoms with E-state index in [1.54, 1.807) is 47.4 Å². The largest absolute Gasteiger partial charge is 0.489 e. The van der Waals surface area contributed by atoms with E-state index in [2.05, 4.69) is 0 Å². The van der Waals surface area contributed by atoms with Crippen LogP contribution in [-0.4, -0.2) is 66.2 Å². The summed E-state index contributed by atoms with van der Waals surface area (Å²) in [4.78, 5) is 38.1. The Morgan fingerprint density at radius 3 is 2.21 bits per heavy atom. The van der Waals surface area contributed by atoms with E-state index in [1.807, 2.05) is 6.07 Å². The van der Waals surface area contributed by atoms with E-state index in [4.69, 9.17) is 14.6 Å². The molecule has 0 bridgehead atoms. The van der Waals surface area contributed by atoms with Crippen LogP contribution in [-0.2, 0) is 11.3 Å². The number of carboxylic acid groups (broad SMARTS) is 1. The van der Waals surface area contributed by atoms with Gasteiger partial charge in [-0.15, -0.1) is 0 Å². The zero-order chi connectivity index (χ0) is 20.8. The molecule has 1 fully saturated rings. The number of benzene rings is 2. The standard InChI is InChI=1S/C21H22N2O6/c1-28-20(25)17-4-2-3-15(13-17)14-29-18-7-5-16(6-8-18)19(24)22-9-11-23(12-10-22)21(26)27/h2-8,13H,9-12,14H2,1H3,(H,26,27). The molecular formula is C21H22N2O6. The second-order valence-corrected chi connectivity index (χ2v) is 6.57. The lowest BCUT2D eigenvalue weighted by atomic mass is 10.1. The second kappa shape index (κ2) is 9.09. The molecule has 1 aliphatic heterocycles. The number of esters is 1. The summed E-state index contributed by atoms with van der Waals surface area (Å²) in [6.45, 7) is 1.65. The average Bonchev–Trinajstić information content (AvgIpc) is 2.77. The summed E-state index contributed by atoms with van der Waals surface area (Å²) in [6, 6.07) is 13.8. The Labute approximate surface area is 168 Å². The van der Waals surface area contributed by atoms with Crippen molar-refractivity contribution in [1.29, 1.82) is 0 Å². The third-order valence-electron chi connectivity index (χ3n) is 4.69. The lowest BCUT2D eigenvalue weighted by molar-refractivity contribution is 0.0599. The van der Waals surface area contributed by atoms with E-state index >= 15 is 0 Å². The topological polar surface area (TPSA) is 96.4 Å². The third-order valence-corrected chi connectivity index (χ3v) is 4.69. The van der Waals surface area contributed by atoms with E-state index in [1.165, 1.54) is 12.0 Å². The quantitative estimate of drug-likeness (QED) is 0.778. The van der Waals surface area contributed by atoms with Gasteiger partial charge in [0.05, 0.1) is 12.7 Å². The Bertz CT molecular complexity index is 888. The number of nitrogens with zero attached hydrogens (tertiary/aromatic N) is 2. The molecule has 2 aromatic carbocycles. The predicted molar refractivity (Wildman–Crippen MR) is 104 cm³/mol. The molecule has 1 saturated heterocycles. The zero-order valence-corrected chi connectivity index (χ0v) is 16.0. The Kier molecular flexibility index (Phi) is 6.33. The minimum absolute atomic E-state index is 0.132. The van der Waals surface area contributed by atoms with Gasteiger partial charge in [0.15, 0.2) is 0 Å². The van der Waals surface area contributed by atoms with E-state index in [9.17, 15) is 14.4 Å². The fourth-order valence-corrected chi connectivity index (χ4v) is 3.05. The van der Waals surface area contributed by atoms with Crippen molar-refractivity contribution in [3.05, 3.63) is 65.2 Å². The van der Waals surface area contributed by atoms with Gasteiger partial charge >= 0.3 is 12.1 Å². The zero-order valence-electron chi connectivity index (χ0n) is 16.0. The minimum atomic E-state index is -0.962. The van der Waals surface area contributed by atoms with Crippen LogP contribution in [0.1, 0.15) is 26.3 Å². The van der Waals surface area contributed by atoms with Crippen LogP contribution in [0.2, 0.25) is 0 Å². The van der Waals surface area contributed by atoms with Gasteiger partial charge in [0, 0.05) is 31.7 Å². The number of carbonyl (C=O) groups excluding carboxylic acids is 2. The maximum Gasteiger partial charge on any atom is 0.407 e. The molecule has 0 aromatic heterocycles. The molecule has 0 unspecified atom stereocenters. The fourth-order valence-electron chi connectivity index (χ4n) is 3.05. The Morgan fingerprint density at radius 2 is 1.59 bits per heavy atom. The molecule has 8 nitrogen and oxygen atoms in total. The highest BCUT2D eigenvalue weighted by molar-refractivity contribution is 5.94. The van der Waals surface area contributed by atoms with Crippen molar-refractivity contribution < 1.29 is 29.0 Å². The number of hydrogen-bond donors (Lipinski definition) is 1. The van der Waals surface area contributed by atoms with Gasteiger partial charge in [-0.2, -0.15) is 0 Å². The molecule has 0 spiro atoms.